The Hall–Kier alpha value is -3.43. The number of amides is 2. The second-order valence-corrected chi connectivity index (χ2v) is 11.0. The number of carbonyl (C=O) groups excluding carboxylic acids is 2. The second-order valence-electron chi connectivity index (χ2n) is 8.73. The van der Waals surface area contributed by atoms with Crippen molar-refractivity contribution in [2.45, 2.75) is 44.2 Å². The lowest BCUT2D eigenvalue weighted by Gasteiger charge is -2.32. The highest BCUT2D eigenvalue weighted by Crippen LogP contribution is 2.26. The number of carbonyl (C=O) groups is 2. The Balaban J connectivity index is 1.99. The fourth-order valence-electron chi connectivity index (χ4n) is 3.78. The summed E-state index contributed by atoms with van der Waals surface area (Å²) in [6, 6.07) is 18.7. The average molecular weight is 560 g/mol. The first-order chi connectivity index (χ1) is 18.1. The molecule has 0 spiro atoms. The molecule has 0 aliphatic rings. The molecule has 0 unspecified atom stereocenters. The predicted molar refractivity (Wildman–Crippen MR) is 147 cm³/mol. The van der Waals surface area contributed by atoms with Crippen molar-refractivity contribution < 1.29 is 22.4 Å². The van der Waals surface area contributed by atoms with Crippen molar-refractivity contribution >= 4 is 39.1 Å². The van der Waals surface area contributed by atoms with Crippen molar-refractivity contribution in [1.82, 2.24) is 10.2 Å². The lowest BCUT2D eigenvalue weighted by molar-refractivity contribution is -0.139. The van der Waals surface area contributed by atoms with Gasteiger partial charge in [0.15, 0.2) is 0 Å². The Bertz CT molecular complexity index is 1340. The normalized spacial score (nSPS) is 12.0. The van der Waals surface area contributed by atoms with E-state index in [9.17, 15) is 22.4 Å². The number of nitrogens with one attached hydrogen (secondary N) is 1. The number of benzene rings is 3. The van der Waals surface area contributed by atoms with E-state index in [-0.39, 0.29) is 22.7 Å². The lowest BCUT2D eigenvalue weighted by Crippen LogP contribution is -2.51. The van der Waals surface area contributed by atoms with Gasteiger partial charge in [-0.2, -0.15) is 0 Å². The van der Waals surface area contributed by atoms with Gasteiger partial charge in [0.1, 0.15) is 18.4 Å². The van der Waals surface area contributed by atoms with Gasteiger partial charge in [0.05, 0.1) is 10.6 Å². The zero-order chi connectivity index (χ0) is 27.7. The number of anilines is 1. The summed E-state index contributed by atoms with van der Waals surface area (Å²) in [7, 11) is -4.17. The molecule has 1 N–H and O–H groups in total. The van der Waals surface area contributed by atoms with Crippen LogP contribution in [-0.2, 0) is 26.2 Å². The number of nitrogens with zero attached hydrogens (tertiary/aromatic N) is 2. The maximum absolute atomic E-state index is 14.5. The topological polar surface area (TPSA) is 86.8 Å². The van der Waals surface area contributed by atoms with Gasteiger partial charge in [-0.3, -0.25) is 13.9 Å². The first-order valence-corrected chi connectivity index (χ1v) is 14.1. The number of halogens is 2. The molecule has 10 heteroatoms. The van der Waals surface area contributed by atoms with Crippen molar-refractivity contribution in [3.8, 4) is 0 Å². The number of rotatable bonds is 12. The third-order valence-electron chi connectivity index (χ3n) is 6.02. The molecule has 0 radical (unpaired) electrons. The Morgan fingerprint density at radius 1 is 0.974 bits per heavy atom. The third kappa shape index (κ3) is 7.33. The van der Waals surface area contributed by atoms with Gasteiger partial charge in [-0.05, 0) is 55.8 Å². The van der Waals surface area contributed by atoms with Gasteiger partial charge >= 0.3 is 0 Å². The Morgan fingerprint density at radius 2 is 1.61 bits per heavy atom. The minimum Gasteiger partial charge on any atom is -0.354 e. The highest BCUT2D eigenvalue weighted by molar-refractivity contribution is 7.92. The molecule has 0 bridgehead atoms. The lowest BCUT2D eigenvalue weighted by atomic mass is 10.1. The monoisotopic (exact) mass is 559 g/mol. The summed E-state index contributed by atoms with van der Waals surface area (Å²) in [5.74, 6) is -1.61. The van der Waals surface area contributed by atoms with E-state index in [1.54, 1.807) is 31.2 Å². The maximum atomic E-state index is 14.5. The molecule has 0 fully saturated rings. The van der Waals surface area contributed by atoms with E-state index in [1.165, 1.54) is 59.5 Å². The number of hydrogen-bond acceptors (Lipinski definition) is 4. The van der Waals surface area contributed by atoms with E-state index in [0.717, 1.165) is 17.1 Å². The number of hydrogen-bond donors (Lipinski definition) is 1. The van der Waals surface area contributed by atoms with E-state index in [1.807, 2.05) is 6.92 Å². The molecular weight excluding hydrogens is 529 g/mol. The van der Waals surface area contributed by atoms with Crippen LogP contribution in [0.1, 0.15) is 32.3 Å². The summed E-state index contributed by atoms with van der Waals surface area (Å²) in [6.45, 7) is 3.13. The van der Waals surface area contributed by atoms with Crippen LogP contribution in [0.3, 0.4) is 0 Å². The van der Waals surface area contributed by atoms with Gasteiger partial charge in [0.25, 0.3) is 10.0 Å². The summed E-state index contributed by atoms with van der Waals surface area (Å²) in [5.41, 5.74) is 0.426. The maximum Gasteiger partial charge on any atom is 0.264 e. The molecule has 3 aromatic rings. The molecule has 0 saturated heterocycles. The molecular formula is C28H31ClFN3O4S. The van der Waals surface area contributed by atoms with Crippen molar-refractivity contribution in [2.24, 2.45) is 0 Å². The van der Waals surface area contributed by atoms with Crippen LogP contribution in [-0.4, -0.2) is 44.3 Å². The molecule has 3 aromatic carbocycles. The Kier molecular flexibility index (Phi) is 10.3. The minimum absolute atomic E-state index is 0.00578. The molecule has 202 valence electrons. The van der Waals surface area contributed by atoms with Crippen molar-refractivity contribution in [1.29, 1.82) is 0 Å². The molecule has 7 nitrogen and oxygen atoms in total. The van der Waals surface area contributed by atoms with Gasteiger partial charge in [-0.15, -0.1) is 0 Å². The zero-order valence-electron chi connectivity index (χ0n) is 21.3. The Labute approximate surface area is 228 Å². The summed E-state index contributed by atoms with van der Waals surface area (Å²) < 4.78 is 42.8. The largest absolute Gasteiger partial charge is 0.354 e. The smallest absolute Gasteiger partial charge is 0.264 e. The fraction of sp³-hybridized carbons (Fsp3) is 0.286. The van der Waals surface area contributed by atoms with Gasteiger partial charge < -0.3 is 10.2 Å². The highest BCUT2D eigenvalue weighted by Gasteiger charge is 2.32. The fourth-order valence-corrected chi connectivity index (χ4v) is 5.35. The van der Waals surface area contributed by atoms with E-state index in [2.05, 4.69) is 5.32 Å². The predicted octanol–water partition coefficient (Wildman–Crippen LogP) is 5.01. The van der Waals surface area contributed by atoms with Crippen LogP contribution in [0, 0.1) is 5.82 Å². The van der Waals surface area contributed by atoms with Crippen LogP contribution < -0.4 is 9.62 Å². The Morgan fingerprint density at radius 3 is 2.24 bits per heavy atom. The highest BCUT2D eigenvalue weighted by atomic mass is 35.5. The van der Waals surface area contributed by atoms with Gasteiger partial charge in [0, 0.05) is 23.7 Å². The van der Waals surface area contributed by atoms with E-state index in [0.29, 0.717) is 11.6 Å². The van der Waals surface area contributed by atoms with Crippen LogP contribution in [0.15, 0.2) is 83.8 Å². The van der Waals surface area contributed by atoms with Crippen LogP contribution in [0.25, 0.3) is 0 Å². The molecule has 1 atom stereocenters. The summed E-state index contributed by atoms with van der Waals surface area (Å²) in [4.78, 5) is 27.9. The standard InChI is InChI=1S/C28H31ClFN3O4S/c1-3-4-18-31-28(35)21(2)32(19-22-10-8-9-13-26(22)30)27(34)20-33(24-16-14-23(29)15-17-24)38(36,37)25-11-6-5-7-12-25/h5-17,21H,3-4,18-20H2,1-2H3,(H,31,35)/t21-/m0/s1. The SMILES string of the molecule is CCCCNC(=O)[C@H](C)N(Cc1ccccc1F)C(=O)CN(c1ccc(Cl)cc1)S(=O)(=O)c1ccccc1. The summed E-state index contributed by atoms with van der Waals surface area (Å²) >= 11 is 6.01. The van der Waals surface area contributed by atoms with Gasteiger partial charge in [0.2, 0.25) is 11.8 Å². The second kappa shape index (κ2) is 13.4. The van der Waals surface area contributed by atoms with Crippen LogP contribution >= 0.6 is 11.6 Å². The zero-order valence-corrected chi connectivity index (χ0v) is 22.9. The molecule has 2 amide bonds. The summed E-state index contributed by atoms with van der Waals surface area (Å²) in [5, 5.41) is 3.19. The van der Waals surface area contributed by atoms with Crippen LogP contribution in [0.4, 0.5) is 10.1 Å². The molecule has 0 aliphatic carbocycles. The first-order valence-electron chi connectivity index (χ1n) is 12.3. The molecule has 3 rings (SSSR count). The van der Waals surface area contributed by atoms with E-state index in [4.69, 9.17) is 11.6 Å². The minimum atomic E-state index is -4.17. The number of unbranched alkanes of at least 4 members (excludes halogenated alkanes) is 1. The number of sulfonamides is 1. The summed E-state index contributed by atoms with van der Waals surface area (Å²) in [6.07, 6.45) is 1.64. The molecule has 0 aromatic heterocycles. The quantitative estimate of drug-likeness (QED) is 0.316. The molecule has 0 saturated carbocycles. The van der Waals surface area contributed by atoms with Crippen molar-refractivity contribution in [2.75, 3.05) is 17.4 Å². The third-order valence-corrected chi connectivity index (χ3v) is 8.06. The molecule has 0 heterocycles. The van der Waals surface area contributed by atoms with E-state index >= 15 is 0 Å². The first kappa shape index (κ1) is 29.1. The van der Waals surface area contributed by atoms with Gasteiger partial charge in [-0.25, -0.2) is 12.8 Å². The van der Waals surface area contributed by atoms with E-state index < -0.39 is 40.2 Å². The van der Waals surface area contributed by atoms with Crippen molar-refractivity contribution in [3.05, 3.63) is 95.3 Å². The molecule has 38 heavy (non-hydrogen) atoms. The average Bonchev–Trinajstić information content (AvgIpc) is 2.92. The van der Waals surface area contributed by atoms with Crippen LogP contribution in [0.2, 0.25) is 5.02 Å². The van der Waals surface area contributed by atoms with Crippen LogP contribution in [0.5, 0.6) is 0 Å². The van der Waals surface area contributed by atoms with Crippen molar-refractivity contribution in [3.63, 3.8) is 0 Å². The molecule has 0 aliphatic heterocycles. The van der Waals surface area contributed by atoms with Gasteiger partial charge in [-0.1, -0.05) is 61.3 Å².